The highest BCUT2D eigenvalue weighted by Crippen LogP contribution is 2.45. The quantitative estimate of drug-likeness (QED) is 0.738. The fraction of sp³-hybridized carbons (Fsp3) is 0.304. The van der Waals surface area contributed by atoms with Crippen molar-refractivity contribution >= 4 is 27.6 Å². The van der Waals surface area contributed by atoms with Crippen LogP contribution in [-0.2, 0) is 9.59 Å². The Labute approximate surface area is 178 Å². The van der Waals surface area contributed by atoms with E-state index in [-0.39, 0.29) is 23.5 Å². The van der Waals surface area contributed by atoms with Crippen LogP contribution in [0.3, 0.4) is 0 Å². The maximum Gasteiger partial charge on any atom is 0.225 e. The Hall–Kier alpha value is -2.60. The van der Waals surface area contributed by atoms with Crippen LogP contribution in [-0.4, -0.2) is 25.9 Å². The van der Waals surface area contributed by atoms with Crippen LogP contribution in [0, 0.1) is 0 Å². The van der Waals surface area contributed by atoms with Gasteiger partial charge in [-0.3, -0.25) is 9.59 Å². The number of hydrogen-bond acceptors (Lipinski definition) is 4. The molecule has 2 aromatic carbocycles. The predicted molar refractivity (Wildman–Crippen MR) is 113 cm³/mol. The van der Waals surface area contributed by atoms with Crippen LogP contribution < -0.4 is 14.8 Å². The van der Waals surface area contributed by atoms with Crippen molar-refractivity contribution in [3.8, 4) is 11.5 Å². The van der Waals surface area contributed by atoms with Crippen molar-refractivity contribution in [1.29, 1.82) is 0 Å². The van der Waals surface area contributed by atoms with Crippen LogP contribution in [0.2, 0.25) is 0 Å². The number of halogens is 1. The van der Waals surface area contributed by atoms with Crippen molar-refractivity contribution < 1.29 is 19.1 Å². The van der Waals surface area contributed by atoms with Gasteiger partial charge in [-0.1, -0.05) is 28.1 Å². The minimum absolute atomic E-state index is 0.0530. The Kier molecular flexibility index (Phi) is 5.46. The van der Waals surface area contributed by atoms with E-state index in [2.05, 4.69) is 21.2 Å². The Morgan fingerprint density at radius 1 is 0.966 bits per heavy atom. The second-order valence-electron chi connectivity index (χ2n) is 7.38. The van der Waals surface area contributed by atoms with Gasteiger partial charge in [0.1, 0.15) is 11.5 Å². The first-order valence-electron chi connectivity index (χ1n) is 9.53. The van der Waals surface area contributed by atoms with Crippen molar-refractivity contribution in [2.24, 2.45) is 0 Å². The number of methoxy groups -OCH3 is 2. The Bertz CT molecular complexity index is 996. The minimum atomic E-state index is -0.201. The highest BCUT2D eigenvalue weighted by Gasteiger charge is 2.38. The van der Waals surface area contributed by atoms with Crippen molar-refractivity contribution in [3.63, 3.8) is 0 Å². The molecule has 5 nitrogen and oxygen atoms in total. The third-order valence-corrected chi connectivity index (χ3v) is 6.21. The summed E-state index contributed by atoms with van der Waals surface area (Å²) in [4.78, 5) is 25.7. The van der Waals surface area contributed by atoms with Gasteiger partial charge in [-0.05, 0) is 42.3 Å². The number of nitrogens with one attached hydrogen (secondary N) is 1. The first-order valence-corrected chi connectivity index (χ1v) is 10.3. The minimum Gasteiger partial charge on any atom is -0.497 e. The van der Waals surface area contributed by atoms with E-state index in [4.69, 9.17) is 9.47 Å². The highest BCUT2D eigenvalue weighted by molar-refractivity contribution is 9.10. The Morgan fingerprint density at radius 2 is 1.72 bits per heavy atom. The molecule has 0 saturated heterocycles. The largest absolute Gasteiger partial charge is 0.497 e. The molecule has 2 aromatic rings. The molecule has 2 aliphatic rings. The number of allylic oxidation sites excluding steroid dienone is 2. The summed E-state index contributed by atoms with van der Waals surface area (Å²) in [6.45, 7) is 0. The van der Waals surface area contributed by atoms with E-state index in [0.717, 1.165) is 32.6 Å². The molecule has 0 bridgehead atoms. The lowest BCUT2D eigenvalue weighted by molar-refractivity contribution is -0.122. The van der Waals surface area contributed by atoms with Gasteiger partial charge in [0.05, 0.1) is 14.2 Å². The summed E-state index contributed by atoms with van der Waals surface area (Å²) in [5.41, 5.74) is 3.39. The van der Waals surface area contributed by atoms with Crippen LogP contribution >= 0.6 is 15.9 Å². The number of carbonyl (C=O) groups is 2. The second kappa shape index (κ2) is 8.03. The average molecular weight is 456 g/mol. The van der Waals surface area contributed by atoms with Gasteiger partial charge in [-0.2, -0.15) is 0 Å². The molecule has 0 radical (unpaired) electrons. The molecular weight excluding hydrogens is 434 g/mol. The maximum absolute atomic E-state index is 13.2. The smallest absolute Gasteiger partial charge is 0.225 e. The number of ketones is 1. The summed E-state index contributed by atoms with van der Waals surface area (Å²) in [6.07, 6.45) is 1.26. The first kappa shape index (κ1) is 19.7. The van der Waals surface area contributed by atoms with Gasteiger partial charge in [0.2, 0.25) is 5.91 Å². The van der Waals surface area contributed by atoms with E-state index in [1.807, 2.05) is 42.5 Å². The van der Waals surface area contributed by atoms with Gasteiger partial charge in [-0.15, -0.1) is 0 Å². The fourth-order valence-electron chi connectivity index (χ4n) is 4.32. The summed E-state index contributed by atoms with van der Waals surface area (Å²) in [5, 5.41) is 2.96. The summed E-state index contributed by atoms with van der Waals surface area (Å²) in [5.74, 6) is 1.19. The number of benzene rings is 2. The molecule has 4 rings (SSSR count). The predicted octanol–water partition coefficient (Wildman–Crippen LogP) is 4.47. The normalized spacial score (nSPS) is 21.5. The van der Waals surface area contributed by atoms with E-state index in [1.54, 1.807) is 14.2 Å². The molecule has 1 aliphatic heterocycles. The molecule has 6 heteroatoms. The lowest BCUT2D eigenvalue weighted by Gasteiger charge is -2.35. The Morgan fingerprint density at radius 3 is 2.41 bits per heavy atom. The molecule has 1 aliphatic carbocycles. The van der Waals surface area contributed by atoms with Crippen molar-refractivity contribution in [2.75, 3.05) is 14.2 Å². The summed E-state index contributed by atoms with van der Waals surface area (Å²) < 4.78 is 11.8. The lowest BCUT2D eigenvalue weighted by atomic mass is 9.73. The third-order valence-electron chi connectivity index (χ3n) is 5.69. The monoisotopic (exact) mass is 455 g/mol. The van der Waals surface area contributed by atoms with Crippen molar-refractivity contribution in [2.45, 2.75) is 31.1 Å². The lowest BCUT2D eigenvalue weighted by Crippen LogP contribution is -2.38. The molecule has 0 aromatic heterocycles. The molecule has 1 amide bonds. The zero-order chi connectivity index (χ0) is 20.5. The van der Waals surface area contributed by atoms with E-state index in [0.29, 0.717) is 25.0 Å². The molecule has 0 saturated carbocycles. The molecule has 1 heterocycles. The summed E-state index contributed by atoms with van der Waals surface area (Å²) >= 11 is 3.44. The number of carbonyl (C=O) groups excluding carboxylic acids is 2. The zero-order valence-electron chi connectivity index (χ0n) is 16.3. The molecular formula is C23H22BrNO4. The first-order chi connectivity index (χ1) is 14.0. The van der Waals surface area contributed by atoms with E-state index >= 15 is 0 Å². The second-order valence-corrected chi connectivity index (χ2v) is 8.30. The summed E-state index contributed by atoms with van der Waals surface area (Å²) in [6, 6.07) is 13.4. The van der Waals surface area contributed by atoms with Crippen LogP contribution in [0.4, 0.5) is 0 Å². The van der Waals surface area contributed by atoms with Gasteiger partial charge in [0.15, 0.2) is 5.78 Å². The van der Waals surface area contributed by atoms with Gasteiger partial charge < -0.3 is 14.8 Å². The number of rotatable bonds is 4. The van der Waals surface area contributed by atoms with Gasteiger partial charge >= 0.3 is 0 Å². The van der Waals surface area contributed by atoms with E-state index in [9.17, 15) is 9.59 Å². The zero-order valence-corrected chi connectivity index (χ0v) is 17.9. The standard InChI is InChI=1S/C23H22BrNO4/c1-28-16-7-8-21(29-2)17(11-16)14-9-19-23(20(26)10-14)18(12-22(27)25-19)13-3-5-15(24)6-4-13/h3-8,11,14,18H,9-10,12H2,1-2H3,(H,25,27)/t14-,18+/m1/s1. The topological polar surface area (TPSA) is 64.6 Å². The Balaban J connectivity index is 1.72. The summed E-state index contributed by atoms with van der Waals surface area (Å²) in [7, 11) is 3.23. The van der Waals surface area contributed by atoms with E-state index < -0.39 is 0 Å². The highest BCUT2D eigenvalue weighted by atomic mass is 79.9. The number of Topliss-reactive ketones (excluding diaryl/α,β-unsaturated/α-hetero) is 1. The SMILES string of the molecule is COc1ccc(OC)c([C@H]2CC(=O)C3=C(C2)NC(=O)C[C@H]3c2ccc(Br)cc2)c1. The van der Waals surface area contributed by atoms with Gasteiger partial charge in [-0.25, -0.2) is 0 Å². The molecule has 0 unspecified atom stereocenters. The van der Waals surface area contributed by atoms with E-state index in [1.165, 1.54) is 0 Å². The average Bonchev–Trinajstić information content (AvgIpc) is 2.72. The molecule has 29 heavy (non-hydrogen) atoms. The molecule has 0 spiro atoms. The maximum atomic E-state index is 13.2. The van der Waals surface area contributed by atoms with Crippen LogP contribution in [0.15, 0.2) is 58.2 Å². The number of amides is 1. The molecule has 1 N–H and O–H groups in total. The van der Waals surface area contributed by atoms with Gasteiger partial charge in [0, 0.05) is 46.0 Å². The molecule has 150 valence electrons. The molecule has 2 atom stereocenters. The van der Waals surface area contributed by atoms with Crippen LogP contribution in [0.1, 0.15) is 42.2 Å². The fourth-order valence-corrected chi connectivity index (χ4v) is 4.58. The van der Waals surface area contributed by atoms with Crippen LogP contribution in [0.5, 0.6) is 11.5 Å². The molecule has 0 fully saturated rings. The van der Waals surface area contributed by atoms with Crippen molar-refractivity contribution in [1.82, 2.24) is 5.32 Å². The number of ether oxygens (including phenoxy) is 2. The third kappa shape index (κ3) is 3.81. The number of hydrogen-bond donors (Lipinski definition) is 1. The van der Waals surface area contributed by atoms with Gasteiger partial charge in [0.25, 0.3) is 0 Å². The van der Waals surface area contributed by atoms with Crippen LogP contribution in [0.25, 0.3) is 0 Å². The van der Waals surface area contributed by atoms with Crippen molar-refractivity contribution in [3.05, 3.63) is 69.3 Å².